The number of benzene rings is 1. The normalized spacial score (nSPS) is 13.2. The van der Waals surface area contributed by atoms with E-state index in [1.165, 1.54) is 4.88 Å². The van der Waals surface area contributed by atoms with E-state index in [-0.39, 0.29) is 6.04 Å². The van der Waals surface area contributed by atoms with Crippen LogP contribution in [0, 0.1) is 6.92 Å². The average Bonchev–Trinajstić information content (AvgIpc) is 3.01. The molecule has 4 nitrogen and oxygen atoms in total. The lowest BCUT2D eigenvalue weighted by atomic mass is 10.2. The van der Waals surface area contributed by atoms with Crippen molar-refractivity contribution in [3.63, 3.8) is 0 Å². The molecule has 0 radical (unpaired) electrons. The van der Waals surface area contributed by atoms with Gasteiger partial charge in [-0.25, -0.2) is 9.97 Å². The van der Waals surface area contributed by atoms with Crippen molar-refractivity contribution < 1.29 is 0 Å². The fraction of sp³-hybridized carbons (Fsp3) is 0.375. The van der Waals surface area contributed by atoms with Gasteiger partial charge in [-0.15, -0.1) is 11.3 Å². The molecule has 0 saturated carbocycles. The van der Waals surface area contributed by atoms with E-state index < -0.39 is 0 Å². The lowest BCUT2D eigenvalue weighted by Gasteiger charge is -2.17. The molecule has 2 heterocycles. The Labute approximate surface area is 128 Å². The molecule has 21 heavy (non-hydrogen) atoms. The van der Waals surface area contributed by atoms with Crippen molar-refractivity contribution in [1.29, 1.82) is 0 Å². The van der Waals surface area contributed by atoms with E-state index in [2.05, 4.69) is 43.3 Å². The van der Waals surface area contributed by atoms with Gasteiger partial charge < -0.3 is 10.3 Å². The molecular formula is C16H20N4S. The third-order valence-corrected chi connectivity index (χ3v) is 4.72. The predicted octanol–water partition coefficient (Wildman–Crippen LogP) is 4.12. The van der Waals surface area contributed by atoms with Gasteiger partial charge in [-0.1, -0.05) is 13.8 Å². The molecule has 0 spiro atoms. The minimum atomic E-state index is 0.176. The number of thiazole rings is 1. The van der Waals surface area contributed by atoms with Crippen molar-refractivity contribution in [1.82, 2.24) is 14.5 Å². The number of anilines is 1. The van der Waals surface area contributed by atoms with Crippen molar-refractivity contribution in [3.05, 3.63) is 40.1 Å². The number of imidazole rings is 1. The number of rotatable bonds is 3. The number of fused-ring (bicyclic) bond motifs is 1. The van der Waals surface area contributed by atoms with E-state index in [0.29, 0.717) is 5.92 Å². The maximum absolute atomic E-state index is 5.89. The van der Waals surface area contributed by atoms with Gasteiger partial charge in [0, 0.05) is 22.7 Å². The SMILES string of the molecule is Cc1cnc(C(C)n2c(C(C)C)nc3cc(N)ccc32)s1. The number of nitrogens with zero attached hydrogens (tertiary/aromatic N) is 3. The molecule has 5 heteroatoms. The summed E-state index contributed by atoms with van der Waals surface area (Å²) >= 11 is 1.74. The molecule has 0 aliphatic heterocycles. The van der Waals surface area contributed by atoms with Gasteiger partial charge in [0.1, 0.15) is 10.8 Å². The predicted molar refractivity (Wildman–Crippen MR) is 88.9 cm³/mol. The van der Waals surface area contributed by atoms with Gasteiger partial charge in [-0.3, -0.25) is 0 Å². The van der Waals surface area contributed by atoms with E-state index in [0.717, 1.165) is 27.6 Å². The number of hydrogen-bond acceptors (Lipinski definition) is 4. The summed E-state index contributed by atoms with van der Waals surface area (Å²) in [5, 5.41) is 1.12. The molecule has 3 aromatic rings. The summed E-state index contributed by atoms with van der Waals surface area (Å²) in [5.74, 6) is 1.43. The summed E-state index contributed by atoms with van der Waals surface area (Å²) in [6.07, 6.45) is 1.93. The molecule has 0 fully saturated rings. The van der Waals surface area contributed by atoms with Crippen LogP contribution in [-0.4, -0.2) is 14.5 Å². The van der Waals surface area contributed by atoms with E-state index in [4.69, 9.17) is 10.7 Å². The monoisotopic (exact) mass is 300 g/mol. The molecule has 1 unspecified atom stereocenters. The van der Waals surface area contributed by atoms with Gasteiger partial charge in [0.15, 0.2) is 0 Å². The van der Waals surface area contributed by atoms with Crippen LogP contribution in [0.5, 0.6) is 0 Å². The summed E-state index contributed by atoms with van der Waals surface area (Å²) in [6, 6.07) is 6.11. The summed E-state index contributed by atoms with van der Waals surface area (Å²) in [6.45, 7) is 8.60. The highest BCUT2D eigenvalue weighted by Crippen LogP contribution is 2.31. The maximum Gasteiger partial charge on any atom is 0.115 e. The second-order valence-corrected chi connectivity index (χ2v) is 6.99. The van der Waals surface area contributed by atoms with Crippen LogP contribution in [-0.2, 0) is 0 Å². The summed E-state index contributed by atoms with van der Waals surface area (Å²) in [7, 11) is 0. The first-order chi connectivity index (χ1) is 9.97. The highest BCUT2D eigenvalue weighted by molar-refractivity contribution is 7.11. The third-order valence-electron chi connectivity index (χ3n) is 3.64. The summed E-state index contributed by atoms with van der Waals surface area (Å²) in [4.78, 5) is 10.6. The molecule has 110 valence electrons. The van der Waals surface area contributed by atoms with Crippen LogP contribution in [0.3, 0.4) is 0 Å². The Kier molecular flexibility index (Phi) is 3.45. The smallest absolute Gasteiger partial charge is 0.115 e. The molecule has 0 amide bonds. The second-order valence-electron chi connectivity index (χ2n) is 5.73. The van der Waals surface area contributed by atoms with Crippen LogP contribution in [0.2, 0.25) is 0 Å². The van der Waals surface area contributed by atoms with E-state index in [1.807, 2.05) is 18.3 Å². The lowest BCUT2D eigenvalue weighted by Crippen LogP contribution is -2.11. The maximum atomic E-state index is 5.89. The highest BCUT2D eigenvalue weighted by Gasteiger charge is 2.21. The third kappa shape index (κ3) is 2.42. The first kappa shape index (κ1) is 14.1. The summed E-state index contributed by atoms with van der Waals surface area (Å²) < 4.78 is 2.29. The van der Waals surface area contributed by atoms with Crippen LogP contribution in [0.15, 0.2) is 24.4 Å². The minimum Gasteiger partial charge on any atom is -0.399 e. The van der Waals surface area contributed by atoms with Crippen molar-refractivity contribution >= 4 is 28.1 Å². The van der Waals surface area contributed by atoms with Crippen LogP contribution in [0.1, 0.15) is 48.4 Å². The van der Waals surface area contributed by atoms with Crippen LogP contribution < -0.4 is 5.73 Å². The Morgan fingerprint density at radius 3 is 2.62 bits per heavy atom. The topological polar surface area (TPSA) is 56.7 Å². The molecule has 2 aromatic heterocycles. The first-order valence-electron chi connectivity index (χ1n) is 7.17. The van der Waals surface area contributed by atoms with Gasteiger partial charge >= 0.3 is 0 Å². The number of nitrogens with two attached hydrogens (primary N) is 1. The Hall–Kier alpha value is -1.88. The number of nitrogen functional groups attached to an aromatic ring is 1. The Bertz CT molecular complexity index is 785. The number of aryl methyl sites for hydroxylation is 1. The Morgan fingerprint density at radius 1 is 1.24 bits per heavy atom. The lowest BCUT2D eigenvalue weighted by molar-refractivity contribution is 0.590. The molecule has 3 rings (SSSR count). The van der Waals surface area contributed by atoms with Gasteiger partial charge in [-0.05, 0) is 32.0 Å². The van der Waals surface area contributed by atoms with E-state index >= 15 is 0 Å². The van der Waals surface area contributed by atoms with Crippen molar-refractivity contribution in [2.24, 2.45) is 0 Å². The molecular weight excluding hydrogens is 280 g/mol. The van der Waals surface area contributed by atoms with Gasteiger partial charge in [0.2, 0.25) is 0 Å². The quantitative estimate of drug-likeness (QED) is 0.740. The van der Waals surface area contributed by atoms with Gasteiger partial charge in [-0.2, -0.15) is 0 Å². The number of hydrogen-bond donors (Lipinski definition) is 1. The Morgan fingerprint density at radius 2 is 2.00 bits per heavy atom. The molecule has 0 aliphatic rings. The van der Waals surface area contributed by atoms with Crippen LogP contribution >= 0.6 is 11.3 Å². The van der Waals surface area contributed by atoms with Gasteiger partial charge in [0.05, 0.1) is 17.1 Å². The zero-order chi connectivity index (χ0) is 15.1. The fourth-order valence-electron chi connectivity index (χ4n) is 2.62. The van der Waals surface area contributed by atoms with Crippen LogP contribution in [0.25, 0.3) is 11.0 Å². The van der Waals surface area contributed by atoms with E-state index in [1.54, 1.807) is 11.3 Å². The minimum absolute atomic E-state index is 0.176. The average molecular weight is 300 g/mol. The molecule has 1 aromatic carbocycles. The Balaban J connectivity index is 2.21. The van der Waals surface area contributed by atoms with E-state index in [9.17, 15) is 0 Å². The standard InChI is InChI=1S/C16H20N4S/c1-9(2)15-19-13-7-12(17)5-6-14(13)20(15)11(4)16-18-8-10(3)21-16/h5-9,11H,17H2,1-4H3. The molecule has 0 saturated heterocycles. The second kappa shape index (κ2) is 5.15. The summed E-state index contributed by atoms with van der Waals surface area (Å²) in [5.41, 5.74) is 8.72. The van der Waals surface area contributed by atoms with Crippen LogP contribution in [0.4, 0.5) is 5.69 Å². The van der Waals surface area contributed by atoms with Gasteiger partial charge in [0.25, 0.3) is 0 Å². The fourth-order valence-corrected chi connectivity index (χ4v) is 3.44. The molecule has 1 atom stereocenters. The number of aromatic nitrogens is 3. The zero-order valence-corrected chi connectivity index (χ0v) is 13.6. The van der Waals surface area contributed by atoms with Crippen molar-refractivity contribution in [3.8, 4) is 0 Å². The first-order valence-corrected chi connectivity index (χ1v) is 7.98. The molecule has 0 aliphatic carbocycles. The van der Waals surface area contributed by atoms with Crippen molar-refractivity contribution in [2.75, 3.05) is 5.73 Å². The van der Waals surface area contributed by atoms with Crippen molar-refractivity contribution in [2.45, 2.75) is 39.7 Å². The largest absolute Gasteiger partial charge is 0.399 e. The zero-order valence-electron chi connectivity index (χ0n) is 12.8. The highest BCUT2D eigenvalue weighted by atomic mass is 32.1. The molecule has 2 N–H and O–H groups in total. The molecule has 0 bridgehead atoms.